The molecule has 0 saturated heterocycles. The van der Waals surface area contributed by atoms with Crippen LogP contribution in [0.15, 0.2) is 72.8 Å². The van der Waals surface area contributed by atoms with E-state index >= 15 is 0 Å². The molecule has 3 aromatic carbocycles. The number of para-hydroxylation sites is 1. The molecule has 1 unspecified atom stereocenters. The molecular weight excluding hydrogens is 403 g/mol. The number of aromatic nitrogens is 5. The van der Waals surface area contributed by atoms with E-state index in [-0.39, 0.29) is 11.9 Å². The van der Waals surface area contributed by atoms with Crippen molar-refractivity contribution >= 4 is 10.9 Å². The number of hydrogen-bond donors (Lipinski definition) is 2. The fraction of sp³-hybridized carbons (Fsp3) is 0.160. The van der Waals surface area contributed by atoms with Crippen LogP contribution in [0.5, 0.6) is 0 Å². The number of halogens is 1. The maximum atomic E-state index is 13.5. The van der Waals surface area contributed by atoms with E-state index in [1.54, 1.807) is 0 Å². The summed E-state index contributed by atoms with van der Waals surface area (Å²) >= 11 is 0. The van der Waals surface area contributed by atoms with Gasteiger partial charge in [0.1, 0.15) is 5.82 Å². The molecule has 0 spiro atoms. The summed E-state index contributed by atoms with van der Waals surface area (Å²) in [6.45, 7) is 1.63. The van der Waals surface area contributed by atoms with E-state index in [9.17, 15) is 4.39 Å². The lowest BCUT2D eigenvalue weighted by molar-refractivity contribution is 0.202. The van der Waals surface area contributed by atoms with Crippen LogP contribution < -0.4 is 0 Å². The van der Waals surface area contributed by atoms with Gasteiger partial charge in [-0.1, -0.05) is 48.5 Å². The molecule has 0 bridgehead atoms. The van der Waals surface area contributed by atoms with E-state index in [0.717, 1.165) is 41.7 Å². The molecule has 0 aliphatic carbocycles. The van der Waals surface area contributed by atoms with Crippen LogP contribution in [0, 0.1) is 5.82 Å². The minimum absolute atomic E-state index is 0.0306. The summed E-state index contributed by atoms with van der Waals surface area (Å²) in [5.74, 6) is 0.360. The molecular formula is C25H21FN6. The van der Waals surface area contributed by atoms with Crippen LogP contribution in [0.3, 0.4) is 0 Å². The van der Waals surface area contributed by atoms with Crippen molar-refractivity contribution in [3.8, 4) is 11.4 Å². The third-order valence-electron chi connectivity index (χ3n) is 6.24. The Hall–Kier alpha value is -3.84. The summed E-state index contributed by atoms with van der Waals surface area (Å²) in [5, 5.41) is 15.8. The highest BCUT2D eigenvalue weighted by Crippen LogP contribution is 2.39. The fourth-order valence-electron chi connectivity index (χ4n) is 4.79. The van der Waals surface area contributed by atoms with E-state index in [0.29, 0.717) is 5.82 Å². The van der Waals surface area contributed by atoms with Crippen molar-refractivity contribution in [2.45, 2.75) is 19.0 Å². The SMILES string of the molecule is Fc1ccc(CN2CCc3c([nH]c4ccccc34)C2c2cccc(-c3nn[nH]n3)c2)cc1. The summed E-state index contributed by atoms with van der Waals surface area (Å²) in [6.07, 6.45) is 0.960. The molecule has 158 valence electrons. The Labute approximate surface area is 184 Å². The zero-order chi connectivity index (χ0) is 21.5. The van der Waals surface area contributed by atoms with Crippen LogP contribution >= 0.6 is 0 Å². The Kier molecular flexibility index (Phi) is 4.54. The Bertz CT molecular complexity index is 1370. The first kappa shape index (κ1) is 18.9. The van der Waals surface area contributed by atoms with E-state index < -0.39 is 0 Å². The van der Waals surface area contributed by atoms with Crippen molar-refractivity contribution in [2.24, 2.45) is 0 Å². The van der Waals surface area contributed by atoms with Gasteiger partial charge >= 0.3 is 0 Å². The highest BCUT2D eigenvalue weighted by atomic mass is 19.1. The second-order valence-electron chi connectivity index (χ2n) is 8.17. The van der Waals surface area contributed by atoms with Crippen LogP contribution in [0.2, 0.25) is 0 Å². The van der Waals surface area contributed by atoms with E-state index in [1.807, 2.05) is 24.3 Å². The van der Waals surface area contributed by atoms with Crippen molar-refractivity contribution in [1.82, 2.24) is 30.5 Å². The number of nitrogens with zero attached hydrogens (tertiary/aromatic N) is 4. The van der Waals surface area contributed by atoms with Gasteiger partial charge in [-0.25, -0.2) is 4.39 Å². The quantitative estimate of drug-likeness (QED) is 0.441. The Morgan fingerprint density at radius 1 is 1.00 bits per heavy atom. The molecule has 6 rings (SSSR count). The minimum Gasteiger partial charge on any atom is -0.357 e. The molecule has 32 heavy (non-hydrogen) atoms. The predicted molar refractivity (Wildman–Crippen MR) is 120 cm³/mol. The summed E-state index contributed by atoms with van der Waals surface area (Å²) in [6, 6.07) is 23.6. The van der Waals surface area contributed by atoms with Gasteiger partial charge in [0, 0.05) is 35.2 Å². The third kappa shape index (κ3) is 3.27. The van der Waals surface area contributed by atoms with E-state index in [2.05, 4.69) is 66.9 Å². The van der Waals surface area contributed by atoms with Gasteiger partial charge in [0.05, 0.1) is 6.04 Å². The second kappa shape index (κ2) is 7.69. The van der Waals surface area contributed by atoms with Gasteiger partial charge in [-0.2, -0.15) is 5.21 Å². The molecule has 1 aliphatic rings. The molecule has 1 aliphatic heterocycles. The highest BCUT2D eigenvalue weighted by Gasteiger charge is 2.32. The molecule has 2 N–H and O–H groups in total. The van der Waals surface area contributed by atoms with Crippen molar-refractivity contribution in [2.75, 3.05) is 6.54 Å². The van der Waals surface area contributed by atoms with Crippen LogP contribution in [-0.4, -0.2) is 37.1 Å². The molecule has 3 heterocycles. The summed E-state index contributed by atoms with van der Waals surface area (Å²) < 4.78 is 13.5. The van der Waals surface area contributed by atoms with Crippen molar-refractivity contribution in [1.29, 1.82) is 0 Å². The van der Waals surface area contributed by atoms with Crippen molar-refractivity contribution < 1.29 is 4.39 Å². The monoisotopic (exact) mass is 424 g/mol. The Morgan fingerprint density at radius 3 is 2.72 bits per heavy atom. The third-order valence-corrected chi connectivity index (χ3v) is 6.24. The molecule has 1 atom stereocenters. The second-order valence-corrected chi connectivity index (χ2v) is 8.17. The van der Waals surface area contributed by atoms with Crippen LogP contribution in [0.25, 0.3) is 22.3 Å². The van der Waals surface area contributed by atoms with Crippen LogP contribution in [0.1, 0.15) is 28.4 Å². The Morgan fingerprint density at radius 2 is 1.88 bits per heavy atom. The minimum atomic E-state index is -0.213. The smallest absolute Gasteiger partial charge is 0.204 e. The first-order valence-electron chi connectivity index (χ1n) is 10.7. The molecule has 7 heteroatoms. The summed E-state index contributed by atoms with van der Waals surface area (Å²) in [7, 11) is 0. The first-order valence-corrected chi connectivity index (χ1v) is 10.7. The molecule has 0 amide bonds. The lowest BCUT2D eigenvalue weighted by Crippen LogP contribution is -2.35. The Balaban J connectivity index is 1.47. The van der Waals surface area contributed by atoms with Crippen LogP contribution in [0.4, 0.5) is 4.39 Å². The summed E-state index contributed by atoms with van der Waals surface area (Å²) in [4.78, 5) is 6.14. The van der Waals surface area contributed by atoms with Crippen molar-refractivity contribution in [3.63, 3.8) is 0 Å². The number of tetrazole rings is 1. The molecule has 0 saturated carbocycles. The van der Waals surface area contributed by atoms with Gasteiger partial charge in [-0.05, 0) is 52.6 Å². The maximum absolute atomic E-state index is 13.5. The topological polar surface area (TPSA) is 73.5 Å². The van der Waals surface area contributed by atoms with Gasteiger partial charge in [-0.15, -0.1) is 10.2 Å². The number of rotatable bonds is 4. The molecule has 6 nitrogen and oxygen atoms in total. The normalized spacial score (nSPS) is 16.3. The number of aromatic amines is 2. The highest BCUT2D eigenvalue weighted by molar-refractivity contribution is 5.85. The molecule has 5 aromatic rings. The van der Waals surface area contributed by atoms with Crippen LogP contribution in [-0.2, 0) is 13.0 Å². The maximum Gasteiger partial charge on any atom is 0.204 e. The number of hydrogen-bond acceptors (Lipinski definition) is 4. The van der Waals surface area contributed by atoms with Crippen molar-refractivity contribution in [3.05, 3.63) is 101 Å². The van der Waals surface area contributed by atoms with Gasteiger partial charge < -0.3 is 4.98 Å². The average molecular weight is 424 g/mol. The molecule has 0 radical (unpaired) electrons. The number of H-pyrrole nitrogens is 2. The first-order chi connectivity index (χ1) is 15.8. The standard InChI is InChI=1S/C25H21FN6/c26-19-10-8-16(9-11-19)15-32-13-12-21-20-6-1-2-7-22(20)27-23(21)24(32)17-4-3-5-18(14-17)25-28-30-31-29-25/h1-11,14,24,27H,12-13,15H2,(H,28,29,30,31). The van der Waals surface area contributed by atoms with E-state index in [1.165, 1.54) is 28.8 Å². The zero-order valence-corrected chi connectivity index (χ0v) is 17.3. The lowest BCUT2D eigenvalue weighted by Gasteiger charge is -2.36. The predicted octanol–water partition coefficient (Wildman–Crippen LogP) is 4.63. The summed E-state index contributed by atoms with van der Waals surface area (Å²) in [5.41, 5.74) is 6.89. The number of nitrogens with one attached hydrogen (secondary N) is 2. The largest absolute Gasteiger partial charge is 0.357 e. The number of benzene rings is 3. The van der Waals surface area contributed by atoms with Gasteiger partial charge in [0.15, 0.2) is 0 Å². The van der Waals surface area contributed by atoms with Gasteiger partial charge in [-0.3, -0.25) is 4.90 Å². The average Bonchev–Trinajstić information content (AvgIpc) is 3.49. The zero-order valence-electron chi connectivity index (χ0n) is 17.3. The van der Waals surface area contributed by atoms with E-state index in [4.69, 9.17) is 0 Å². The fourth-order valence-corrected chi connectivity index (χ4v) is 4.79. The number of fused-ring (bicyclic) bond motifs is 3. The van der Waals surface area contributed by atoms with Gasteiger partial charge in [0.25, 0.3) is 0 Å². The molecule has 2 aromatic heterocycles. The van der Waals surface area contributed by atoms with Gasteiger partial charge in [0.2, 0.25) is 5.82 Å². The molecule has 0 fully saturated rings. The lowest BCUT2D eigenvalue weighted by atomic mass is 9.91.